The lowest BCUT2D eigenvalue weighted by Crippen LogP contribution is -2.41. The smallest absolute Gasteiger partial charge is 0.222 e. The summed E-state index contributed by atoms with van der Waals surface area (Å²) in [5.41, 5.74) is 1.94. The van der Waals surface area contributed by atoms with Crippen molar-refractivity contribution in [3.8, 4) is 0 Å². The second-order valence-corrected chi connectivity index (χ2v) is 7.31. The van der Waals surface area contributed by atoms with Crippen LogP contribution in [0.25, 0.3) is 10.9 Å². The van der Waals surface area contributed by atoms with Crippen LogP contribution in [0.4, 0.5) is 0 Å². The maximum absolute atomic E-state index is 12.6. The van der Waals surface area contributed by atoms with E-state index in [1.54, 1.807) is 6.20 Å². The highest BCUT2D eigenvalue weighted by atomic mass is 16.3. The maximum atomic E-state index is 12.6. The molecule has 0 radical (unpaired) electrons. The van der Waals surface area contributed by atoms with Crippen molar-refractivity contribution in [3.05, 3.63) is 60.3 Å². The average Bonchev–Trinajstić information content (AvgIpc) is 3.06. The average molecular weight is 364 g/mol. The van der Waals surface area contributed by atoms with E-state index >= 15 is 0 Å². The first kappa shape index (κ1) is 17.7. The van der Waals surface area contributed by atoms with Crippen molar-refractivity contribution < 1.29 is 9.90 Å². The third-order valence-corrected chi connectivity index (χ3v) is 5.41. The molecule has 2 N–H and O–H groups in total. The van der Waals surface area contributed by atoms with E-state index in [9.17, 15) is 9.90 Å². The third kappa shape index (κ3) is 3.85. The Hall–Kier alpha value is -2.73. The minimum Gasteiger partial charge on any atom is -0.393 e. The molecule has 140 valence electrons. The Morgan fingerprint density at radius 1 is 1.33 bits per heavy atom. The molecule has 3 aromatic rings. The summed E-state index contributed by atoms with van der Waals surface area (Å²) < 4.78 is 1.97. The standard InChI is InChI=1S/C21H24N4O2/c1-14-22-7-9-25(14)8-6-20(27)24-21(16-11-18(26)12-16)17-10-15-4-2-3-5-19(15)23-13-17/h2-5,7,9-10,13,16,18,21,26H,6,8,11-12H2,1H3,(H,24,27)/t16?,18?,21-/m0/s1. The lowest BCUT2D eigenvalue weighted by atomic mass is 9.75. The Bertz CT molecular complexity index is 946. The van der Waals surface area contributed by atoms with E-state index < -0.39 is 0 Å². The van der Waals surface area contributed by atoms with Crippen LogP contribution < -0.4 is 5.32 Å². The molecule has 0 aliphatic heterocycles. The number of fused-ring (bicyclic) bond motifs is 1. The molecule has 1 aromatic carbocycles. The molecule has 2 heterocycles. The number of aliphatic hydroxyl groups is 1. The topological polar surface area (TPSA) is 80.0 Å². The van der Waals surface area contributed by atoms with Gasteiger partial charge in [0.1, 0.15) is 5.82 Å². The predicted molar refractivity (Wildman–Crippen MR) is 103 cm³/mol. The van der Waals surface area contributed by atoms with Crippen LogP contribution in [0.2, 0.25) is 0 Å². The minimum absolute atomic E-state index is 0.00245. The summed E-state index contributed by atoms with van der Waals surface area (Å²) in [4.78, 5) is 21.3. The SMILES string of the molecule is Cc1nccn1CCC(=O)N[C@H](c1cnc2ccccc2c1)C1CC(O)C1. The Labute approximate surface area is 158 Å². The molecular weight excluding hydrogens is 340 g/mol. The van der Waals surface area contributed by atoms with Crippen LogP contribution in [0.3, 0.4) is 0 Å². The number of carbonyl (C=O) groups excluding carboxylic acids is 1. The summed E-state index contributed by atoms with van der Waals surface area (Å²) in [6.45, 7) is 2.53. The highest BCUT2D eigenvalue weighted by molar-refractivity contribution is 5.80. The number of hydrogen-bond donors (Lipinski definition) is 2. The van der Waals surface area contributed by atoms with Gasteiger partial charge in [-0.25, -0.2) is 4.98 Å². The number of pyridine rings is 1. The van der Waals surface area contributed by atoms with Crippen molar-refractivity contribution in [2.75, 3.05) is 0 Å². The molecule has 2 aromatic heterocycles. The van der Waals surface area contributed by atoms with Crippen molar-refractivity contribution in [1.82, 2.24) is 19.9 Å². The van der Waals surface area contributed by atoms with Gasteiger partial charge in [-0.05, 0) is 43.4 Å². The van der Waals surface area contributed by atoms with Crippen LogP contribution >= 0.6 is 0 Å². The van der Waals surface area contributed by atoms with E-state index in [4.69, 9.17) is 0 Å². The number of aryl methyl sites for hydroxylation is 2. The number of nitrogens with zero attached hydrogens (tertiary/aromatic N) is 3. The number of para-hydroxylation sites is 1. The Kier molecular flexibility index (Phi) is 4.90. The maximum Gasteiger partial charge on any atom is 0.222 e. The Morgan fingerprint density at radius 3 is 2.89 bits per heavy atom. The van der Waals surface area contributed by atoms with Crippen LogP contribution in [-0.4, -0.2) is 31.7 Å². The monoisotopic (exact) mass is 364 g/mol. The third-order valence-electron chi connectivity index (χ3n) is 5.41. The molecule has 1 aliphatic carbocycles. The molecule has 1 aliphatic rings. The first-order valence-corrected chi connectivity index (χ1v) is 9.40. The highest BCUT2D eigenvalue weighted by Gasteiger charge is 2.35. The van der Waals surface area contributed by atoms with Crippen molar-refractivity contribution in [2.45, 2.75) is 44.9 Å². The Balaban J connectivity index is 1.50. The molecule has 1 amide bonds. The van der Waals surface area contributed by atoms with Crippen LogP contribution in [0.15, 0.2) is 48.9 Å². The van der Waals surface area contributed by atoms with Crippen LogP contribution in [0.5, 0.6) is 0 Å². The molecule has 0 bridgehead atoms. The molecule has 6 heteroatoms. The zero-order valence-corrected chi connectivity index (χ0v) is 15.4. The van der Waals surface area contributed by atoms with Crippen molar-refractivity contribution >= 4 is 16.8 Å². The molecule has 0 unspecified atom stereocenters. The number of carbonyl (C=O) groups is 1. The molecule has 1 fully saturated rings. The number of aromatic nitrogens is 3. The van der Waals surface area contributed by atoms with Gasteiger partial charge < -0.3 is 15.0 Å². The summed E-state index contributed by atoms with van der Waals surface area (Å²) in [5, 5.41) is 14.0. The number of aliphatic hydroxyl groups excluding tert-OH is 1. The molecule has 6 nitrogen and oxygen atoms in total. The fourth-order valence-corrected chi connectivity index (χ4v) is 3.74. The van der Waals surface area contributed by atoms with E-state index in [-0.39, 0.29) is 24.0 Å². The summed E-state index contributed by atoms with van der Waals surface area (Å²) in [7, 11) is 0. The summed E-state index contributed by atoms with van der Waals surface area (Å²) >= 11 is 0. The van der Waals surface area contributed by atoms with Gasteiger partial charge in [0, 0.05) is 36.9 Å². The summed E-state index contributed by atoms with van der Waals surface area (Å²) in [6.07, 6.45) is 7.01. The summed E-state index contributed by atoms with van der Waals surface area (Å²) in [6, 6.07) is 9.94. The number of rotatable bonds is 6. The molecule has 27 heavy (non-hydrogen) atoms. The van der Waals surface area contributed by atoms with E-state index in [1.807, 2.05) is 48.1 Å². The molecule has 0 spiro atoms. The van der Waals surface area contributed by atoms with Gasteiger partial charge in [0.15, 0.2) is 0 Å². The van der Waals surface area contributed by atoms with Gasteiger partial charge in [0.05, 0.1) is 17.7 Å². The zero-order valence-electron chi connectivity index (χ0n) is 15.4. The van der Waals surface area contributed by atoms with Gasteiger partial charge in [-0.1, -0.05) is 18.2 Å². The first-order valence-electron chi connectivity index (χ1n) is 9.40. The molecule has 1 saturated carbocycles. The lowest BCUT2D eigenvalue weighted by Gasteiger charge is -2.38. The van der Waals surface area contributed by atoms with Gasteiger partial charge in [-0.3, -0.25) is 9.78 Å². The minimum atomic E-state index is -0.267. The van der Waals surface area contributed by atoms with Gasteiger partial charge in [0.2, 0.25) is 5.91 Å². The number of nitrogens with one attached hydrogen (secondary N) is 1. The molecule has 1 atom stereocenters. The van der Waals surface area contributed by atoms with Gasteiger partial charge in [-0.2, -0.15) is 0 Å². The van der Waals surface area contributed by atoms with Crippen molar-refractivity contribution in [2.24, 2.45) is 5.92 Å². The normalized spacial score (nSPS) is 20.2. The molecule has 0 saturated heterocycles. The second kappa shape index (κ2) is 7.48. The van der Waals surface area contributed by atoms with E-state index in [1.165, 1.54) is 0 Å². The van der Waals surface area contributed by atoms with E-state index in [2.05, 4.69) is 21.4 Å². The second-order valence-electron chi connectivity index (χ2n) is 7.31. The zero-order chi connectivity index (χ0) is 18.8. The predicted octanol–water partition coefficient (Wildman–Crippen LogP) is 2.76. The number of hydrogen-bond acceptors (Lipinski definition) is 4. The number of imidazole rings is 1. The van der Waals surface area contributed by atoms with Crippen LogP contribution in [0, 0.1) is 12.8 Å². The quantitative estimate of drug-likeness (QED) is 0.705. The van der Waals surface area contributed by atoms with Gasteiger partial charge >= 0.3 is 0 Å². The van der Waals surface area contributed by atoms with E-state index in [0.29, 0.717) is 25.8 Å². The van der Waals surface area contributed by atoms with Crippen LogP contribution in [0.1, 0.15) is 36.7 Å². The largest absolute Gasteiger partial charge is 0.393 e. The van der Waals surface area contributed by atoms with Crippen molar-refractivity contribution in [3.63, 3.8) is 0 Å². The Morgan fingerprint density at radius 2 is 2.15 bits per heavy atom. The summed E-state index contributed by atoms with van der Waals surface area (Å²) in [5.74, 6) is 1.14. The van der Waals surface area contributed by atoms with Gasteiger partial charge in [-0.15, -0.1) is 0 Å². The lowest BCUT2D eigenvalue weighted by molar-refractivity contribution is -0.123. The molecular formula is C21H24N4O2. The van der Waals surface area contributed by atoms with Crippen LogP contribution in [-0.2, 0) is 11.3 Å². The fourth-order valence-electron chi connectivity index (χ4n) is 3.74. The molecule has 4 rings (SSSR count). The van der Waals surface area contributed by atoms with E-state index in [0.717, 1.165) is 22.3 Å². The number of benzene rings is 1. The van der Waals surface area contributed by atoms with Gasteiger partial charge in [0.25, 0.3) is 0 Å². The fraction of sp³-hybridized carbons (Fsp3) is 0.381. The number of amides is 1. The van der Waals surface area contributed by atoms with Crippen molar-refractivity contribution in [1.29, 1.82) is 0 Å². The highest BCUT2D eigenvalue weighted by Crippen LogP contribution is 2.38. The first-order chi connectivity index (χ1) is 13.1.